The van der Waals surface area contributed by atoms with Gasteiger partial charge in [0.2, 0.25) is 0 Å². The monoisotopic (exact) mass is 267 g/mol. The fourth-order valence-electron chi connectivity index (χ4n) is 1.82. The van der Waals surface area contributed by atoms with Gasteiger partial charge in [0.15, 0.2) is 5.82 Å². The van der Waals surface area contributed by atoms with Crippen LogP contribution < -0.4 is 5.73 Å². The number of hydrogen-bond donors (Lipinski definition) is 1. The average Bonchev–Trinajstić information content (AvgIpc) is 2.38. The first-order valence-corrected chi connectivity index (χ1v) is 6.50. The molecule has 0 radical (unpaired) electrons. The summed E-state index contributed by atoms with van der Waals surface area (Å²) in [4.78, 5) is 17.7. The van der Waals surface area contributed by atoms with Crippen LogP contribution >= 0.6 is 0 Å². The Labute approximate surface area is 113 Å². The second-order valence-corrected chi connectivity index (χ2v) is 5.45. The topological polar surface area (TPSA) is 59.2 Å². The van der Waals surface area contributed by atoms with Gasteiger partial charge in [-0.15, -0.1) is 0 Å². The molecule has 4 nitrogen and oxygen atoms in total. The summed E-state index contributed by atoms with van der Waals surface area (Å²) >= 11 is 0. The van der Waals surface area contributed by atoms with Gasteiger partial charge < -0.3 is 10.6 Å². The Morgan fingerprint density at radius 2 is 2.21 bits per heavy atom. The second-order valence-electron chi connectivity index (χ2n) is 5.45. The maximum atomic E-state index is 13.6. The number of aromatic nitrogens is 1. The lowest BCUT2D eigenvalue weighted by atomic mass is 9.92. The van der Waals surface area contributed by atoms with Crippen molar-refractivity contribution in [2.24, 2.45) is 11.1 Å². The highest BCUT2D eigenvalue weighted by Gasteiger charge is 2.25. The van der Waals surface area contributed by atoms with Crippen LogP contribution in [0.1, 0.15) is 37.6 Å². The number of rotatable bonds is 6. The molecule has 0 fully saturated rings. The molecule has 106 valence electrons. The van der Waals surface area contributed by atoms with E-state index in [9.17, 15) is 9.18 Å². The molecule has 1 heterocycles. The molecule has 1 amide bonds. The number of carbonyl (C=O) groups excluding carboxylic acids is 1. The molecule has 0 aromatic carbocycles. The molecule has 0 saturated heterocycles. The van der Waals surface area contributed by atoms with Gasteiger partial charge in [-0.25, -0.2) is 4.39 Å². The number of halogens is 1. The third-order valence-electron chi connectivity index (χ3n) is 2.96. The van der Waals surface area contributed by atoms with Gasteiger partial charge in [-0.1, -0.05) is 20.8 Å². The minimum atomic E-state index is -0.584. The number of hydrogen-bond acceptors (Lipinski definition) is 3. The lowest BCUT2D eigenvalue weighted by Crippen LogP contribution is -2.42. The number of nitrogens with two attached hydrogens (primary N) is 1. The van der Waals surface area contributed by atoms with Crippen molar-refractivity contribution in [3.05, 3.63) is 29.8 Å². The summed E-state index contributed by atoms with van der Waals surface area (Å²) < 4.78 is 13.6. The fraction of sp³-hybridized carbons (Fsp3) is 0.571. The van der Waals surface area contributed by atoms with Crippen molar-refractivity contribution < 1.29 is 9.18 Å². The Balaban J connectivity index is 2.93. The summed E-state index contributed by atoms with van der Waals surface area (Å²) in [6.45, 7) is 7.54. The first-order valence-electron chi connectivity index (χ1n) is 6.50. The minimum absolute atomic E-state index is 0.0660. The normalized spacial score (nSPS) is 11.4. The van der Waals surface area contributed by atoms with Crippen molar-refractivity contribution in [1.82, 2.24) is 9.88 Å². The summed E-state index contributed by atoms with van der Waals surface area (Å²) in [5.41, 5.74) is 5.58. The van der Waals surface area contributed by atoms with Gasteiger partial charge in [-0.2, -0.15) is 0 Å². The molecule has 0 spiro atoms. The van der Waals surface area contributed by atoms with Crippen molar-refractivity contribution in [3.63, 3.8) is 0 Å². The van der Waals surface area contributed by atoms with E-state index in [-0.39, 0.29) is 16.9 Å². The molecule has 1 rings (SSSR count). The van der Waals surface area contributed by atoms with Gasteiger partial charge in [0.1, 0.15) is 0 Å². The van der Waals surface area contributed by atoms with E-state index in [1.165, 1.54) is 12.3 Å². The van der Waals surface area contributed by atoms with E-state index < -0.39 is 5.82 Å². The van der Waals surface area contributed by atoms with E-state index in [2.05, 4.69) is 4.98 Å². The van der Waals surface area contributed by atoms with Crippen molar-refractivity contribution >= 4 is 5.91 Å². The summed E-state index contributed by atoms with van der Waals surface area (Å²) in [7, 11) is 0. The molecule has 1 aromatic heterocycles. The quantitative estimate of drug-likeness (QED) is 0.858. The van der Waals surface area contributed by atoms with Crippen LogP contribution in [0.5, 0.6) is 0 Å². The molecule has 2 N–H and O–H groups in total. The second kappa shape index (κ2) is 6.61. The molecule has 0 unspecified atom stereocenters. The standard InChI is InChI=1S/C14H22FN3O/c1-4-7-18(10-14(2,3)9-16)13(19)11-5-6-17-8-12(11)15/h5-6,8H,4,7,9-10,16H2,1-3H3. The summed E-state index contributed by atoms with van der Waals surface area (Å²) in [5.74, 6) is -0.887. The molecular formula is C14H22FN3O. The molecule has 0 bridgehead atoms. The van der Waals surface area contributed by atoms with Gasteiger partial charge in [0.05, 0.1) is 11.8 Å². The fourth-order valence-corrected chi connectivity index (χ4v) is 1.82. The smallest absolute Gasteiger partial charge is 0.256 e. The van der Waals surface area contributed by atoms with E-state index in [1.54, 1.807) is 4.90 Å². The van der Waals surface area contributed by atoms with E-state index in [4.69, 9.17) is 5.73 Å². The van der Waals surface area contributed by atoms with Crippen LogP contribution in [0.25, 0.3) is 0 Å². The lowest BCUT2D eigenvalue weighted by molar-refractivity contribution is 0.0684. The Hall–Kier alpha value is -1.49. The molecule has 19 heavy (non-hydrogen) atoms. The Morgan fingerprint density at radius 3 is 2.74 bits per heavy atom. The van der Waals surface area contributed by atoms with E-state index in [0.29, 0.717) is 19.6 Å². The number of nitrogens with zero attached hydrogens (tertiary/aromatic N) is 2. The summed E-state index contributed by atoms with van der Waals surface area (Å²) in [6.07, 6.45) is 3.30. The SMILES string of the molecule is CCCN(CC(C)(C)CN)C(=O)c1ccncc1F. The lowest BCUT2D eigenvalue weighted by Gasteiger charge is -2.31. The number of carbonyl (C=O) groups is 1. The van der Waals surface area contributed by atoms with Crippen LogP contribution in [0.15, 0.2) is 18.5 Å². The Kier molecular flexibility index (Phi) is 5.42. The summed E-state index contributed by atoms with van der Waals surface area (Å²) in [5, 5.41) is 0. The Morgan fingerprint density at radius 1 is 1.53 bits per heavy atom. The average molecular weight is 267 g/mol. The van der Waals surface area contributed by atoms with Gasteiger partial charge in [-0.3, -0.25) is 9.78 Å². The first-order chi connectivity index (χ1) is 8.91. The van der Waals surface area contributed by atoms with E-state index in [1.807, 2.05) is 20.8 Å². The zero-order chi connectivity index (χ0) is 14.5. The van der Waals surface area contributed by atoms with Crippen LogP contribution in [-0.2, 0) is 0 Å². The van der Waals surface area contributed by atoms with Gasteiger partial charge in [0.25, 0.3) is 5.91 Å². The molecule has 5 heteroatoms. The predicted molar refractivity (Wildman–Crippen MR) is 73.2 cm³/mol. The largest absolute Gasteiger partial charge is 0.338 e. The number of amides is 1. The van der Waals surface area contributed by atoms with Crippen molar-refractivity contribution in [2.75, 3.05) is 19.6 Å². The molecule has 0 saturated carbocycles. The Bertz CT molecular complexity index is 434. The zero-order valence-electron chi connectivity index (χ0n) is 11.8. The zero-order valence-corrected chi connectivity index (χ0v) is 11.8. The number of pyridine rings is 1. The van der Waals surface area contributed by atoms with E-state index >= 15 is 0 Å². The molecule has 0 aliphatic rings. The third-order valence-corrected chi connectivity index (χ3v) is 2.96. The van der Waals surface area contributed by atoms with Gasteiger partial charge >= 0.3 is 0 Å². The maximum absolute atomic E-state index is 13.6. The van der Waals surface area contributed by atoms with Crippen LogP contribution in [0.3, 0.4) is 0 Å². The third kappa shape index (κ3) is 4.28. The van der Waals surface area contributed by atoms with Crippen LogP contribution in [0, 0.1) is 11.2 Å². The first kappa shape index (κ1) is 15.6. The highest BCUT2D eigenvalue weighted by atomic mass is 19.1. The van der Waals surface area contributed by atoms with Crippen molar-refractivity contribution in [2.45, 2.75) is 27.2 Å². The molecule has 0 aliphatic carbocycles. The van der Waals surface area contributed by atoms with Gasteiger partial charge in [0, 0.05) is 19.3 Å². The molecular weight excluding hydrogens is 245 g/mol. The molecule has 1 aromatic rings. The molecule has 0 aliphatic heterocycles. The highest BCUT2D eigenvalue weighted by Crippen LogP contribution is 2.18. The summed E-state index contributed by atoms with van der Waals surface area (Å²) in [6, 6.07) is 1.41. The van der Waals surface area contributed by atoms with Crippen LogP contribution in [0.4, 0.5) is 4.39 Å². The van der Waals surface area contributed by atoms with Crippen LogP contribution in [0.2, 0.25) is 0 Å². The maximum Gasteiger partial charge on any atom is 0.256 e. The van der Waals surface area contributed by atoms with Crippen LogP contribution in [-0.4, -0.2) is 35.4 Å². The van der Waals surface area contributed by atoms with E-state index in [0.717, 1.165) is 12.6 Å². The highest BCUT2D eigenvalue weighted by molar-refractivity contribution is 5.94. The van der Waals surface area contributed by atoms with Crippen molar-refractivity contribution in [1.29, 1.82) is 0 Å². The van der Waals surface area contributed by atoms with Gasteiger partial charge in [-0.05, 0) is 24.4 Å². The molecule has 0 atom stereocenters. The predicted octanol–water partition coefficient (Wildman–Crippen LogP) is 2.06. The van der Waals surface area contributed by atoms with Crippen molar-refractivity contribution in [3.8, 4) is 0 Å². The minimum Gasteiger partial charge on any atom is -0.338 e.